The maximum atomic E-state index is 12.5. The number of nitrogens with one attached hydrogen (secondary N) is 3. The molecule has 0 aromatic heterocycles. The van der Waals surface area contributed by atoms with Crippen molar-refractivity contribution in [2.75, 3.05) is 25.0 Å². The molecule has 2 aromatic rings. The number of nitro benzene ring substituents is 1. The van der Waals surface area contributed by atoms with E-state index in [2.05, 4.69) is 15.4 Å². The van der Waals surface area contributed by atoms with E-state index in [-0.39, 0.29) is 29.5 Å². The van der Waals surface area contributed by atoms with Crippen LogP contribution < -0.4 is 15.4 Å². The molecule has 10 heteroatoms. The Bertz CT molecular complexity index is 1040. The fraction of sp³-hybridized carbons (Fsp3) is 0.381. The standard InChI is InChI=1S/C21H26N4O5S/c26-21(23-14-13-22-18-6-8-19(9-7-18)25(27)28)11-12-24-31(29,30)20-10-5-16-3-1-2-4-17(16)15-20/h5-10,15,22,24H,1-4,11-14H2,(H,23,26). The smallest absolute Gasteiger partial charge is 0.269 e. The zero-order valence-electron chi connectivity index (χ0n) is 17.1. The molecule has 0 atom stereocenters. The summed E-state index contributed by atoms with van der Waals surface area (Å²) in [4.78, 5) is 22.3. The van der Waals surface area contributed by atoms with Crippen LogP contribution >= 0.6 is 0 Å². The summed E-state index contributed by atoms with van der Waals surface area (Å²) in [6.45, 7) is 0.791. The van der Waals surface area contributed by atoms with Crippen molar-refractivity contribution in [3.63, 3.8) is 0 Å². The number of carbonyl (C=O) groups excluding carboxylic acids is 1. The highest BCUT2D eigenvalue weighted by molar-refractivity contribution is 7.89. The van der Waals surface area contributed by atoms with Crippen molar-refractivity contribution in [3.05, 3.63) is 63.7 Å². The van der Waals surface area contributed by atoms with Crippen LogP contribution in [0.15, 0.2) is 47.4 Å². The Morgan fingerprint density at radius 3 is 2.39 bits per heavy atom. The molecule has 0 spiro atoms. The number of hydrogen-bond donors (Lipinski definition) is 3. The van der Waals surface area contributed by atoms with Gasteiger partial charge in [0.2, 0.25) is 15.9 Å². The number of nitrogens with zero attached hydrogens (tertiary/aromatic N) is 1. The second-order valence-electron chi connectivity index (χ2n) is 7.37. The first-order valence-electron chi connectivity index (χ1n) is 10.2. The van der Waals surface area contributed by atoms with Gasteiger partial charge < -0.3 is 10.6 Å². The molecule has 0 saturated heterocycles. The predicted octanol–water partition coefficient (Wildman–Crippen LogP) is 2.37. The number of benzene rings is 2. The first kappa shape index (κ1) is 22.7. The zero-order valence-corrected chi connectivity index (χ0v) is 17.9. The number of carbonyl (C=O) groups is 1. The van der Waals surface area contributed by atoms with Crippen molar-refractivity contribution in [3.8, 4) is 0 Å². The van der Waals surface area contributed by atoms with Gasteiger partial charge in [-0.3, -0.25) is 14.9 Å². The van der Waals surface area contributed by atoms with Crippen molar-refractivity contribution < 1.29 is 18.1 Å². The lowest BCUT2D eigenvalue weighted by atomic mass is 9.92. The second kappa shape index (κ2) is 10.4. The zero-order chi connectivity index (χ0) is 22.3. The van der Waals surface area contributed by atoms with Crippen LogP contribution in [0.1, 0.15) is 30.4 Å². The van der Waals surface area contributed by atoms with Gasteiger partial charge in [0.05, 0.1) is 9.82 Å². The Morgan fingerprint density at radius 1 is 0.968 bits per heavy atom. The van der Waals surface area contributed by atoms with Gasteiger partial charge in [-0.2, -0.15) is 0 Å². The van der Waals surface area contributed by atoms with E-state index in [0.29, 0.717) is 18.8 Å². The molecular formula is C21H26N4O5S. The minimum absolute atomic E-state index is 0.0108. The molecule has 1 amide bonds. The van der Waals surface area contributed by atoms with Crippen LogP contribution in [0.25, 0.3) is 0 Å². The molecule has 9 nitrogen and oxygen atoms in total. The summed E-state index contributed by atoms with van der Waals surface area (Å²) >= 11 is 0. The van der Waals surface area contributed by atoms with Crippen LogP contribution in [-0.2, 0) is 27.7 Å². The molecule has 1 aliphatic carbocycles. The summed E-state index contributed by atoms with van der Waals surface area (Å²) < 4.78 is 27.5. The average Bonchev–Trinajstić information content (AvgIpc) is 2.76. The average molecular weight is 447 g/mol. The second-order valence-corrected chi connectivity index (χ2v) is 9.13. The van der Waals surface area contributed by atoms with Crippen LogP contribution in [0.5, 0.6) is 0 Å². The first-order valence-corrected chi connectivity index (χ1v) is 11.7. The minimum atomic E-state index is -3.65. The predicted molar refractivity (Wildman–Crippen MR) is 117 cm³/mol. The van der Waals surface area contributed by atoms with E-state index < -0.39 is 14.9 Å². The lowest BCUT2D eigenvalue weighted by Crippen LogP contribution is -2.33. The van der Waals surface area contributed by atoms with E-state index in [0.717, 1.165) is 31.2 Å². The summed E-state index contributed by atoms with van der Waals surface area (Å²) in [5.74, 6) is -0.265. The Kier molecular flexibility index (Phi) is 7.59. The largest absolute Gasteiger partial charge is 0.383 e. The van der Waals surface area contributed by atoms with Crippen molar-refractivity contribution in [2.24, 2.45) is 0 Å². The maximum absolute atomic E-state index is 12.5. The molecule has 0 unspecified atom stereocenters. The van der Waals surface area contributed by atoms with Crippen LogP contribution in [0.2, 0.25) is 0 Å². The molecule has 0 bridgehead atoms. The highest BCUT2D eigenvalue weighted by atomic mass is 32.2. The number of anilines is 1. The molecule has 3 rings (SSSR count). The van der Waals surface area contributed by atoms with Crippen LogP contribution in [0, 0.1) is 10.1 Å². The molecule has 166 valence electrons. The van der Waals surface area contributed by atoms with Gasteiger partial charge in [0, 0.05) is 43.9 Å². The lowest BCUT2D eigenvalue weighted by molar-refractivity contribution is -0.384. The molecule has 31 heavy (non-hydrogen) atoms. The van der Waals surface area contributed by atoms with Crippen molar-refractivity contribution in [1.29, 1.82) is 0 Å². The van der Waals surface area contributed by atoms with E-state index in [1.54, 1.807) is 24.3 Å². The Balaban J connectivity index is 1.37. The molecule has 0 fully saturated rings. The van der Waals surface area contributed by atoms with Crippen LogP contribution in [-0.4, -0.2) is 38.9 Å². The molecule has 0 saturated carbocycles. The van der Waals surface area contributed by atoms with Gasteiger partial charge in [-0.25, -0.2) is 13.1 Å². The maximum Gasteiger partial charge on any atom is 0.269 e. The Labute approximate surface area is 181 Å². The number of sulfonamides is 1. The van der Waals surface area contributed by atoms with Crippen LogP contribution in [0.4, 0.5) is 11.4 Å². The van der Waals surface area contributed by atoms with Crippen LogP contribution in [0.3, 0.4) is 0 Å². The van der Waals surface area contributed by atoms with Gasteiger partial charge in [0.25, 0.3) is 5.69 Å². The molecular weight excluding hydrogens is 420 g/mol. The number of aryl methyl sites for hydroxylation is 2. The third-order valence-corrected chi connectivity index (χ3v) is 6.59. The normalized spacial score (nSPS) is 13.3. The summed E-state index contributed by atoms with van der Waals surface area (Å²) in [6.07, 6.45) is 4.12. The summed E-state index contributed by atoms with van der Waals surface area (Å²) in [6, 6.07) is 11.2. The fourth-order valence-electron chi connectivity index (χ4n) is 3.46. The third-order valence-electron chi connectivity index (χ3n) is 5.13. The minimum Gasteiger partial charge on any atom is -0.383 e. The lowest BCUT2D eigenvalue weighted by Gasteiger charge is -2.16. The number of hydrogen-bond acceptors (Lipinski definition) is 6. The summed E-state index contributed by atoms with van der Waals surface area (Å²) in [5, 5.41) is 16.4. The highest BCUT2D eigenvalue weighted by Gasteiger charge is 2.17. The van der Waals surface area contributed by atoms with Gasteiger partial charge in [0.1, 0.15) is 0 Å². The molecule has 2 aromatic carbocycles. The van der Waals surface area contributed by atoms with Crippen molar-refractivity contribution >= 4 is 27.3 Å². The fourth-order valence-corrected chi connectivity index (χ4v) is 4.54. The number of non-ortho nitro benzene ring substituents is 1. The summed E-state index contributed by atoms with van der Waals surface area (Å²) in [5.41, 5.74) is 3.02. The monoisotopic (exact) mass is 446 g/mol. The van der Waals surface area contributed by atoms with Gasteiger partial charge >= 0.3 is 0 Å². The van der Waals surface area contributed by atoms with Crippen molar-refractivity contribution in [1.82, 2.24) is 10.0 Å². The van der Waals surface area contributed by atoms with Gasteiger partial charge in [-0.05, 0) is 61.1 Å². The molecule has 1 aliphatic rings. The molecule has 0 heterocycles. The van der Waals surface area contributed by atoms with Gasteiger partial charge in [-0.1, -0.05) is 6.07 Å². The van der Waals surface area contributed by atoms with Gasteiger partial charge in [-0.15, -0.1) is 0 Å². The summed E-state index contributed by atoms with van der Waals surface area (Å²) in [7, 11) is -3.65. The number of amides is 1. The third kappa shape index (κ3) is 6.50. The van der Waals surface area contributed by atoms with E-state index in [1.807, 2.05) is 6.07 Å². The highest BCUT2D eigenvalue weighted by Crippen LogP contribution is 2.24. The number of nitro groups is 1. The molecule has 0 aliphatic heterocycles. The Morgan fingerprint density at radius 2 is 1.68 bits per heavy atom. The van der Waals surface area contributed by atoms with Gasteiger partial charge in [0.15, 0.2) is 0 Å². The van der Waals surface area contributed by atoms with E-state index >= 15 is 0 Å². The molecule has 3 N–H and O–H groups in total. The quantitative estimate of drug-likeness (QED) is 0.292. The van der Waals surface area contributed by atoms with Crippen molar-refractivity contribution in [2.45, 2.75) is 37.0 Å². The first-order chi connectivity index (χ1) is 14.8. The number of rotatable bonds is 10. The topological polar surface area (TPSA) is 130 Å². The van der Waals surface area contributed by atoms with E-state index in [1.165, 1.54) is 17.7 Å². The SMILES string of the molecule is O=C(CCNS(=O)(=O)c1ccc2c(c1)CCCC2)NCCNc1ccc([N+](=O)[O-])cc1. The number of fused-ring (bicyclic) bond motifs is 1. The van der Waals surface area contributed by atoms with E-state index in [9.17, 15) is 23.3 Å². The molecule has 0 radical (unpaired) electrons. The Hall–Kier alpha value is -2.98. The van der Waals surface area contributed by atoms with E-state index in [4.69, 9.17) is 0 Å².